The van der Waals surface area contributed by atoms with Crippen LogP contribution in [-0.2, 0) is 14.3 Å². The van der Waals surface area contributed by atoms with E-state index in [1.807, 2.05) is 6.92 Å². The topological polar surface area (TPSA) is 43.4 Å². The van der Waals surface area contributed by atoms with Crippen molar-refractivity contribution in [3.8, 4) is 0 Å². The summed E-state index contributed by atoms with van der Waals surface area (Å²) in [6, 6.07) is 6.71. The molecule has 112 valence electrons. The highest BCUT2D eigenvalue weighted by Gasteiger charge is 2.18. The Hall–Kier alpha value is -1.13. The molecule has 1 aromatic carbocycles. The Morgan fingerprint density at radius 2 is 1.90 bits per heavy atom. The van der Waals surface area contributed by atoms with Crippen molar-refractivity contribution >= 4 is 10.1 Å². The number of rotatable bonds is 7. The summed E-state index contributed by atoms with van der Waals surface area (Å²) >= 11 is 0. The normalized spacial score (nSPS) is 14.3. The lowest BCUT2D eigenvalue weighted by molar-refractivity contribution is 0.219. The Bertz CT molecular complexity index is 542. The summed E-state index contributed by atoms with van der Waals surface area (Å²) in [7, 11) is -3.65. The molecule has 0 fully saturated rings. The van der Waals surface area contributed by atoms with E-state index in [1.54, 1.807) is 31.2 Å². The zero-order chi connectivity index (χ0) is 15.2. The maximum absolute atomic E-state index is 12.1. The Morgan fingerprint density at radius 3 is 2.45 bits per heavy atom. The van der Waals surface area contributed by atoms with Crippen molar-refractivity contribution < 1.29 is 12.6 Å². The van der Waals surface area contributed by atoms with Crippen LogP contribution in [0.4, 0.5) is 0 Å². The van der Waals surface area contributed by atoms with Crippen molar-refractivity contribution in [3.63, 3.8) is 0 Å². The van der Waals surface area contributed by atoms with Crippen molar-refractivity contribution in [2.75, 3.05) is 0 Å². The smallest absolute Gasteiger partial charge is 0.263 e. The second kappa shape index (κ2) is 7.60. The van der Waals surface area contributed by atoms with Crippen LogP contribution in [0.2, 0.25) is 0 Å². The van der Waals surface area contributed by atoms with Gasteiger partial charge in [0, 0.05) is 0 Å². The first-order valence-corrected chi connectivity index (χ1v) is 8.41. The largest absolute Gasteiger partial charge is 0.297 e. The SMILES string of the molecule is CC/C(C)=C/CCC(C)OS(=O)(=O)c1ccc(C)cc1. The van der Waals surface area contributed by atoms with Gasteiger partial charge in [0.25, 0.3) is 10.1 Å². The van der Waals surface area contributed by atoms with Gasteiger partial charge in [0.05, 0.1) is 11.0 Å². The number of benzene rings is 1. The van der Waals surface area contributed by atoms with Gasteiger partial charge >= 0.3 is 0 Å². The molecule has 0 aliphatic heterocycles. The van der Waals surface area contributed by atoms with Crippen LogP contribution in [0.15, 0.2) is 40.8 Å². The van der Waals surface area contributed by atoms with Crippen LogP contribution in [-0.4, -0.2) is 14.5 Å². The molecule has 20 heavy (non-hydrogen) atoms. The maximum atomic E-state index is 12.1. The van der Waals surface area contributed by atoms with Crippen molar-refractivity contribution in [1.29, 1.82) is 0 Å². The van der Waals surface area contributed by atoms with Gasteiger partial charge in [0.2, 0.25) is 0 Å². The molecule has 0 aromatic heterocycles. The second-order valence-electron chi connectivity index (χ2n) is 5.16. The van der Waals surface area contributed by atoms with E-state index in [4.69, 9.17) is 4.18 Å². The highest BCUT2D eigenvalue weighted by Crippen LogP contribution is 2.17. The van der Waals surface area contributed by atoms with E-state index in [0.717, 1.165) is 18.4 Å². The molecule has 1 rings (SSSR count). The first-order valence-electron chi connectivity index (χ1n) is 7.00. The van der Waals surface area contributed by atoms with E-state index in [1.165, 1.54) is 5.57 Å². The molecular formula is C16H24O3S. The van der Waals surface area contributed by atoms with Gasteiger partial charge in [-0.3, -0.25) is 4.18 Å². The van der Waals surface area contributed by atoms with Crippen LogP contribution < -0.4 is 0 Å². The van der Waals surface area contributed by atoms with Crippen molar-refractivity contribution in [2.45, 2.75) is 58.0 Å². The Labute approximate surface area is 122 Å². The van der Waals surface area contributed by atoms with Gasteiger partial charge < -0.3 is 0 Å². The molecule has 0 bridgehead atoms. The summed E-state index contributed by atoms with van der Waals surface area (Å²) in [4.78, 5) is 0.218. The molecule has 0 aliphatic carbocycles. The first kappa shape index (κ1) is 16.9. The van der Waals surface area contributed by atoms with Crippen LogP contribution in [0.1, 0.15) is 45.6 Å². The fraction of sp³-hybridized carbons (Fsp3) is 0.500. The summed E-state index contributed by atoms with van der Waals surface area (Å²) in [6.07, 6.45) is 4.38. The second-order valence-corrected chi connectivity index (χ2v) is 6.73. The summed E-state index contributed by atoms with van der Waals surface area (Å²) in [5, 5.41) is 0. The fourth-order valence-electron chi connectivity index (χ4n) is 1.73. The van der Waals surface area contributed by atoms with E-state index in [2.05, 4.69) is 19.9 Å². The zero-order valence-electron chi connectivity index (χ0n) is 12.7. The lowest BCUT2D eigenvalue weighted by Gasteiger charge is -2.12. The molecule has 4 heteroatoms. The zero-order valence-corrected chi connectivity index (χ0v) is 13.5. The van der Waals surface area contributed by atoms with Gasteiger partial charge in [0.1, 0.15) is 0 Å². The van der Waals surface area contributed by atoms with Gasteiger partial charge in [-0.2, -0.15) is 8.42 Å². The highest BCUT2D eigenvalue weighted by atomic mass is 32.2. The lowest BCUT2D eigenvalue weighted by Crippen LogP contribution is -2.15. The van der Waals surface area contributed by atoms with Crippen LogP contribution >= 0.6 is 0 Å². The summed E-state index contributed by atoms with van der Waals surface area (Å²) in [5.41, 5.74) is 2.34. The van der Waals surface area contributed by atoms with Crippen LogP contribution in [0.3, 0.4) is 0 Å². The molecule has 1 unspecified atom stereocenters. The van der Waals surface area contributed by atoms with E-state index < -0.39 is 10.1 Å². The molecule has 0 saturated carbocycles. The minimum atomic E-state index is -3.65. The van der Waals surface area contributed by atoms with Crippen molar-refractivity contribution in [1.82, 2.24) is 0 Å². The van der Waals surface area contributed by atoms with E-state index in [9.17, 15) is 8.42 Å². The molecule has 1 atom stereocenters. The predicted octanol–water partition coefficient (Wildman–Crippen LogP) is 4.23. The number of aryl methyl sites for hydroxylation is 1. The van der Waals surface area contributed by atoms with E-state index in [0.29, 0.717) is 6.42 Å². The van der Waals surface area contributed by atoms with Gasteiger partial charge in [-0.05, 0) is 52.2 Å². The van der Waals surface area contributed by atoms with E-state index >= 15 is 0 Å². The summed E-state index contributed by atoms with van der Waals surface area (Å²) in [5.74, 6) is 0. The minimum Gasteiger partial charge on any atom is -0.263 e. The summed E-state index contributed by atoms with van der Waals surface area (Å²) in [6.45, 7) is 7.89. The molecule has 0 saturated heterocycles. The third kappa shape index (κ3) is 5.47. The monoisotopic (exact) mass is 296 g/mol. The minimum absolute atomic E-state index is 0.218. The molecular weight excluding hydrogens is 272 g/mol. The highest BCUT2D eigenvalue weighted by molar-refractivity contribution is 7.86. The average Bonchev–Trinajstić information content (AvgIpc) is 2.38. The lowest BCUT2D eigenvalue weighted by atomic mass is 10.1. The molecule has 0 N–H and O–H groups in total. The van der Waals surface area contributed by atoms with Gasteiger partial charge in [-0.1, -0.05) is 36.3 Å². The van der Waals surface area contributed by atoms with Crippen molar-refractivity contribution in [3.05, 3.63) is 41.5 Å². The fourth-order valence-corrected chi connectivity index (χ4v) is 2.84. The van der Waals surface area contributed by atoms with E-state index in [-0.39, 0.29) is 11.0 Å². The molecule has 0 radical (unpaired) electrons. The molecule has 3 nitrogen and oxygen atoms in total. The summed E-state index contributed by atoms with van der Waals surface area (Å²) < 4.78 is 29.4. The third-order valence-corrected chi connectivity index (χ3v) is 4.66. The van der Waals surface area contributed by atoms with Gasteiger partial charge in [-0.15, -0.1) is 0 Å². The average molecular weight is 296 g/mol. The van der Waals surface area contributed by atoms with Crippen LogP contribution in [0.25, 0.3) is 0 Å². The molecule has 0 amide bonds. The number of hydrogen-bond donors (Lipinski definition) is 0. The standard InChI is InChI=1S/C16H24O3S/c1-5-13(2)7-6-8-15(4)19-20(17,18)16-11-9-14(3)10-12-16/h7,9-12,15H,5-6,8H2,1-4H3/b13-7+. The Balaban J connectivity index is 2.60. The van der Waals surface area contributed by atoms with Crippen LogP contribution in [0, 0.1) is 6.92 Å². The predicted molar refractivity (Wildman–Crippen MR) is 82.2 cm³/mol. The van der Waals surface area contributed by atoms with Gasteiger partial charge in [0.15, 0.2) is 0 Å². The van der Waals surface area contributed by atoms with Gasteiger partial charge in [-0.25, -0.2) is 0 Å². The maximum Gasteiger partial charge on any atom is 0.297 e. The molecule has 0 aliphatic rings. The Morgan fingerprint density at radius 1 is 1.30 bits per heavy atom. The quantitative estimate of drug-likeness (QED) is 0.559. The molecule has 0 spiro atoms. The first-order chi connectivity index (χ1) is 9.35. The van der Waals surface area contributed by atoms with Crippen LogP contribution in [0.5, 0.6) is 0 Å². The number of hydrogen-bond acceptors (Lipinski definition) is 3. The number of allylic oxidation sites excluding steroid dienone is 2. The molecule has 0 heterocycles. The third-order valence-electron chi connectivity index (χ3n) is 3.22. The molecule has 1 aromatic rings. The van der Waals surface area contributed by atoms with Crippen molar-refractivity contribution in [2.24, 2.45) is 0 Å². The Kier molecular flexibility index (Phi) is 6.43.